The van der Waals surface area contributed by atoms with Crippen LogP contribution in [-0.4, -0.2) is 22.4 Å². The molecule has 0 aliphatic carbocycles. The molecule has 108 valence electrons. The highest BCUT2D eigenvalue weighted by molar-refractivity contribution is 5.43. The number of benzene rings is 1. The monoisotopic (exact) mass is 278 g/mol. The van der Waals surface area contributed by atoms with E-state index >= 15 is 0 Å². The predicted molar refractivity (Wildman–Crippen MR) is 71.6 cm³/mol. The van der Waals surface area contributed by atoms with Crippen molar-refractivity contribution in [1.29, 1.82) is 0 Å². The van der Waals surface area contributed by atoms with Gasteiger partial charge in [-0.25, -0.2) is 0 Å². The smallest absolute Gasteiger partial charge is 0.253 e. The number of aliphatic hydroxyl groups is 1. The molecule has 6 nitrogen and oxygen atoms in total. The molecule has 1 atom stereocenters. The zero-order chi connectivity index (χ0) is 14.5. The molecule has 0 aliphatic rings. The Morgan fingerprint density at radius 3 is 2.60 bits per heavy atom. The van der Waals surface area contributed by atoms with E-state index in [0.717, 1.165) is 5.56 Å². The first-order valence-corrected chi connectivity index (χ1v) is 6.44. The largest absolute Gasteiger partial charge is 0.493 e. The molecule has 0 unspecified atom stereocenters. The van der Waals surface area contributed by atoms with Crippen molar-refractivity contribution >= 4 is 0 Å². The summed E-state index contributed by atoms with van der Waals surface area (Å²) in [6.45, 7) is 3.81. The van der Waals surface area contributed by atoms with Gasteiger partial charge in [0.25, 0.3) is 5.89 Å². The Labute approximate surface area is 117 Å². The number of aromatic nitrogens is 2. The first-order chi connectivity index (χ1) is 9.63. The second-order valence-electron chi connectivity index (χ2n) is 4.32. The third kappa shape index (κ3) is 3.27. The van der Waals surface area contributed by atoms with Crippen molar-refractivity contribution in [3.8, 4) is 11.5 Å². The Kier molecular flexibility index (Phi) is 4.57. The lowest BCUT2D eigenvalue weighted by molar-refractivity contribution is 0.198. The molecule has 1 aromatic heterocycles. The Hall–Kier alpha value is -2.08. The predicted octanol–water partition coefficient (Wildman–Crippen LogP) is 2.27. The van der Waals surface area contributed by atoms with E-state index in [9.17, 15) is 5.11 Å². The van der Waals surface area contributed by atoms with Crippen LogP contribution in [0.15, 0.2) is 22.6 Å². The average Bonchev–Trinajstić information content (AvgIpc) is 2.92. The molecular weight excluding hydrogens is 260 g/mol. The van der Waals surface area contributed by atoms with Crippen molar-refractivity contribution < 1.29 is 19.0 Å². The standard InChI is InChI=1S/C14H18N2O4/c1-4-13-15-16-14(20-13)8-19-11-6-5-10(9(2)17)7-12(11)18-3/h5-7,9,17H,4,8H2,1-3H3/t9-/m1/s1. The van der Waals surface area contributed by atoms with Gasteiger partial charge in [-0.1, -0.05) is 13.0 Å². The molecule has 2 aromatic rings. The number of hydrogen-bond donors (Lipinski definition) is 1. The van der Waals surface area contributed by atoms with Crippen LogP contribution in [0.3, 0.4) is 0 Å². The fourth-order valence-electron chi connectivity index (χ4n) is 1.69. The minimum Gasteiger partial charge on any atom is -0.493 e. The van der Waals surface area contributed by atoms with E-state index in [2.05, 4.69) is 10.2 Å². The van der Waals surface area contributed by atoms with Gasteiger partial charge in [0, 0.05) is 6.42 Å². The van der Waals surface area contributed by atoms with Crippen molar-refractivity contribution in [3.63, 3.8) is 0 Å². The van der Waals surface area contributed by atoms with Gasteiger partial charge in [-0.05, 0) is 24.6 Å². The summed E-state index contributed by atoms with van der Waals surface area (Å²) in [5.74, 6) is 2.12. The fraction of sp³-hybridized carbons (Fsp3) is 0.429. The van der Waals surface area contributed by atoms with E-state index in [-0.39, 0.29) is 6.61 Å². The molecule has 1 aromatic carbocycles. The minimum absolute atomic E-state index is 0.178. The van der Waals surface area contributed by atoms with Gasteiger partial charge < -0.3 is 19.0 Å². The van der Waals surface area contributed by atoms with E-state index in [4.69, 9.17) is 13.9 Å². The Balaban J connectivity index is 2.08. The average molecular weight is 278 g/mol. The number of nitrogens with zero attached hydrogens (tertiary/aromatic N) is 2. The van der Waals surface area contributed by atoms with Crippen molar-refractivity contribution in [2.24, 2.45) is 0 Å². The fourth-order valence-corrected chi connectivity index (χ4v) is 1.69. The van der Waals surface area contributed by atoms with Gasteiger partial charge in [0.1, 0.15) is 0 Å². The molecule has 0 saturated carbocycles. The highest BCUT2D eigenvalue weighted by atomic mass is 16.5. The maximum Gasteiger partial charge on any atom is 0.253 e. The topological polar surface area (TPSA) is 77.6 Å². The zero-order valence-corrected chi connectivity index (χ0v) is 11.8. The van der Waals surface area contributed by atoms with Gasteiger partial charge in [0.05, 0.1) is 13.2 Å². The van der Waals surface area contributed by atoms with Gasteiger partial charge in [0.15, 0.2) is 18.1 Å². The van der Waals surface area contributed by atoms with Crippen molar-refractivity contribution in [3.05, 3.63) is 35.5 Å². The molecule has 20 heavy (non-hydrogen) atoms. The number of methoxy groups -OCH3 is 1. The number of ether oxygens (including phenoxy) is 2. The van der Waals surface area contributed by atoms with Crippen molar-refractivity contribution in [2.75, 3.05) is 7.11 Å². The summed E-state index contributed by atoms with van der Waals surface area (Å²) in [6.07, 6.45) is 0.139. The lowest BCUT2D eigenvalue weighted by Crippen LogP contribution is -1.99. The molecule has 0 fully saturated rings. The Bertz CT molecular complexity index is 566. The lowest BCUT2D eigenvalue weighted by atomic mass is 10.1. The van der Waals surface area contributed by atoms with E-state index in [0.29, 0.717) is 29.7 Å². The van der Waals surface area contributed by atoms with E-state index < -0.39 is 6.10 Å². The molecule has 1 heterocycles. The Morgan fingerprint density at radius 2 is 2.00 bits per heavy atom. The lowest BCUT2D eigenvalue weighted by Gasteiger charge is -2.12. The summed E-state index contributed by atoms with van der Waals surface area (Å²) in [5, 5.41) is 17.3. The molecule has 6 heteroatoms. The number of aliphatic hydroxyl groups excluding tert-OH is 1. The minimum atomic E-state index is -0.555. The maximum absolute atomic E-state index is 9.54. The van der Waals surface area contributed by atoms with Crippen LogP contribution in [0.5, 0.6) is 11.5 Å². The molecule has 0 spiro atoms. The van der Waals surface area contributed by atoms with Crippen LogP contribution >= 0.6 is 0 Å². The molecule has 0 saturated heterocycles. The molecule has 2 rings (SSSR count). The number of aryl methyl sites for hydroxylation is 1. The van der Waals surface area contributed by atoms with Gasteiger partial charge in [0.2, 0.25) is 5.89 Å². The molecule has 0 radical (unpaired) electrons. The van der Waals surface area contributed by atoms with E-state index in [1.54, 1.807) is 32.2 Å². The zero-order valence-electron chi connectivity index (χ0n) is 11.8. The first-order valence-electron chi connectivity index (χ1n) is 6.44. The first kappa shape index (κ1) is 14.3. The van der Waals surface area contributed by atoms with Crippen LogP contribution in [0, 0.1) is 0 Å². The molecule has 1 N–H and O–H groups in total. The normalized spacial score (nSPS) is 12.2. The van der Waals surface area contributed by atoms with E-state index in [1.807, 2.05) is 6.92 Å². The SMILES string of the molecule is CCc1nnc(COc2ccc([C@@H](C)O)cc2OC)o1. The van der Waals surface area contributed by atoms with Crippen LogP contribution in [0.2, 0.25) is 0 Å². The molecule has 0 aliphatic heterocycles. The van der Waals surface area contributed by atoms with Crippen molar-refractivity contribution in [1.82, 2.24) is 10.2 Å². The highest BCUT2D eigenvalue weighted by Crippen LogP contribution is 2.30. The molecular formula is C14H18N2O4. The third-order valence-corrected chi connectivity index (χ3v) is 2.83. The Morgan fingerprint density at radius 1 is 1.25 bits per heavy atom. The van der Waals surface area contributed by atoms with Crippen LogP contribution < -0.4 is 9.47 Å². The second-order valence-corrected chi connectivity index (χ2v) is 4.32. The van der Waals surface area contributed by atoms with Crippen LogP contribution in [0.1, 0.15) is 37.3 Å². The van der Waals surface area contributed by atoms with Crippen LogP contribution in [0.4, 0.5) is 0 Å². The van der Waals surface area contributed by atoms with Gasteiger partial charge in [-0.15, -0.1) is 10.2 Å². The summed E-state index contributed by atoms with van der Waals surface area (Å²) in [7, 11) is 1.55. The second kappa shape index (κ2) is 6.38. The van der Waals surface area contributed by atoms with Gasteiger partial charge >= 0.3 is 0 Å². The highest BCUT2D eigenvalue weighted by Gasteiger charge is 2.11. The van der Waals surface area contributed by atoms with Gasteiger partial charge in [-0.2, -0.15) is 0 Å². The number of rotatable bonds is 6. The summed E-state index contributed by atoms with van der Waals surface area (Å²) >= 11 is 0. The van der Waals surface area contributed by atoms with Gasteiger partial charge in [-0.3, -0.25) is 0 Å². The molecule has 0 bridgehead atoms. The summed E-state index contributed by atoms with van der Waals surface area (Å²) in [5.41, 5.74) is 0.764. The van der Waals surface area contributed by atoms with Crippen LogP contribution in [-0.2, 0) is 13.0 Å². The quantitative estimate of drug-likeness (QED) is 0.873. The van der Waals surface area contributed by atoms with Crippen LogP contribution in [0.25, 0.3) is 0 Å². The van der Waals surface area contributed by atoms with E-state index in [1.165, 1.54) is 0 Å². The number of hydrogen-bond acceptors (Lipinski definition) is 6. The third-order valence-electron chi connectivity index (χ3n) is 2.83. The summed E-state index contributed by atoms with van der Waals surface area (Å²) in [6, 6.07) is 5.27. The molecule has 0 amide bonds. The maximum atomic E-state index is 9.54. The summed E-state index contributed by atoms with van der Waals surface area (Å²) < 4.78 is 16.2. The summed E-state index contributed by atoms with van der Waals surface area (Å²) in [4.78, 5) is 0. The van der Waals surface area contributed by atoms with Crippen molar-refractivity contribution in [2.45, 2.75) is 33.0 Å².